The van der Waals surface area contributed by atoms with E-state index in [9.17, 15) is 0 Å². The van der Waals surface area contributed by atoms with Crippen LogP contribution in [0.25, 0.3) is 10.8 Å². The summed E-state index contributed by atoms with van der Waals surface area (Å²) in [5.41, 5.74) is 2.23. The van der Waals surface area contributed by atoms with E-state index >= 15 is 0 Å². The first kappa shape index (κ1) is 9.16. The first-order valence-corrected chi connectivity index (χ1v) is 4.76. The summed E-state index contributed by atoms with van der Waals surface area (Å²) in [7, 11) is 0. The molecule has 0 amide bonds. The van der Waals surface area contributed by atoms with Crippen LogP contribution in [-0.4, -0.2) is 16.7 Å². The van der Waals surface area contributed by atoms with Crippen LogP contribution in [0.4, 0.5) is 0 Å². The molecule has 0 bridgehead atoms. The fraction of sp³-hybridized carbons (Fsp3) is 0.250. The van der Waals surface area contributed by atoms with Gasteiger partial charge in [0.05, 0.1) is 0 Å². The fourth-order valence-electron chi connectivity index (χ4n) is 1.66. The minimum Gasteiger partial charge on any atom is -0.396 e. The molecular weight excluding hydrogens is 174 g/mol. The number of hydrogen-bond acceptors (Lipinski definition) is 2. The average Bonchev–Trinajstić information content (AvgIpc) is 2.18. The summed E-state index contributed by atoms with van der Waals surface area (Å²) in [6.45, 7) is 2.21. The van der Waals surface area contributed by atoms with Gasteiger partial charge in [-0.25, -0.2) is 0 Å². The molecule has 2 nitrogen and oxygen atoms in total. The number of hydrogen-bond donors (Lipinski definition) is 1. The maximum Gasteiger partial charge on any atom is 0.0471 e. The molecule has 1 N–H and O–H groups in total. The van der Waals surface area contributed by atoms with Crippen LogP contribution in [0.15, 0.2) is 30.5 Å². The van der Waals surface area contributed by atoms with Gasteiger partial charge in [-0.05, 0) is 30.4 Å². The Kier molecular flexibility index (Phi) is 2.46. The molecule has 2 rings (SSSR count). The molecule has 0 radical (unpaired) electrons. The summed E-state index contributed by atoms with van der Waals surface area (Å²) >= 11 is 0. The molecule has 0 aliphatic rings. The van der Waals surface area contributed by atoms with Crippen molar-refractivity contribution < 1.29 is 5.11 Å². The number of nitrogens with zero attached hydrogens (tertiary/aromatic N) is 1. The Labute approximate surface area is 83.2 Å². The number of aryl methyl sites for hydroxylation is 1. The molecular formula is C12H13NO. The van der Waals surface area contributed by atoms with E-state index in [4.69, 9.17) is 5.11 Å². The van der Waals surface area contributed by atoms with Gasteiger partial charge < -0.3 is 5.11 Å². The van der Waals surface area contributed by atoms with E-state index in [2.05, 4.69) is 17.1 Å². The lowest BCUT2D eigenvalue weighted by molar-refractivity contribution is 0.299. The monoisotopic (exact) mass is 187 g/mol. The number of fused-ring (bicyclic) bond motifs is 1. The van der Waals surface area contributed by atoms with Crippen LogP contribution < -0.4 is 0 Å². The quantitative estimate of drug-likeness (QED) is 0.780. The second kappa shape index (κ2) is 3.76. The second-order valence-electron chi connectivity index (χ2n) is 3.43. The zero-order valence-corrected chi connectivity index (χ0v) is 8.20. The van der Waals surface area contributed by atoms with E-state index in [1.165, 1.54) is 16.3 Å². The third-order valence-corrected chi connectivity index (χ3v) is 2.43. The number of rotatable bonds is 2. The highest BCUT2D eigenvalue weighted by Gasteiger charge is 1.98. The van der Waals surface area contributed by atoms with Gasteiger partial charge in [0, 0.05) is 23.9 Å². The highest BCUT2D eigenvalue weighted by atomic mass is 16.2. The maximum absolute atomic E-state index is 8.83. The van der Waals surface area contributed by atoms with Gasteiger partial charge in [-0.1, -0.05) is 18.2 Å². The third kappa shape index (κ3) is 1.61. The third-order valence-electron chi connectivity index (χ3n) is 2.43. The Balaban J connectivity index is 2.56. The van der Waals surface area contributed by atoms with E-state index in [0.29, 0.717) is 0 Å². The number of aromatic nitrogens is 1. The van der Waals surface area contributed by atoms with Crippen LogP contribution in [0, 0.1) is 6.92 Å². The van der Waals surface area contributed by atoms with Gasteiger partial charge in [-0.3, -0.25) is 4.98 Å². The fourth-order valence-corrected chi connectivity index (χ4v) is 1.66. The van der Waals surface area contributed by atoms with Crippen LogP contribution in [0.3, 0.4) is 0 Å². The lowest BCUT2D eigenvalue weighted by Gasteiger charge is -2.03. The summed E-state index contributed by atoms with van der Waals surface area (Å²) in [4.78, 5) is 4.23. The summed E-state index contributed by atoms with van der Waals surface area (Å²) in [6.07, 6.45) is 2.54. The van der Waals surface area contributed by atoms with E-state index in [1.807, 2.05) is 25.3 Å². The SMILES string of the molecule is Cc1nccc2cc(CCO)ccc12. The van der Waals surface area contributed by atoms with Crippen molar-refractivity contribution in [3.05, 3.63) is 41.7 Å². The first-order valence-electron chi connectivity index (χ1n) is 4.76. The summed E-state index contributed by atoms with van der Waals surface area (Å²) in [5, 5.41) is 11.2. The molecule has 0 aliphatic carbocycles. The molecule has 0 saturated heterocycles. The van der Waals surface area contributed by atoms with Crippen LogP contribution in [-0.2, 0) is 6.42 Å². The Bertz CT molecular complexity index is 451. The number of benzene rings is 1. The maximum atomic E-state index is 8.83. The van der Waals surface area contributed by atoms with Gasteiger partial charge in [0.25, 0.3) is 0 Å². The largest absolute Gasteiger partial charge is 0.396 e. The molecule has 1 heterocycles. The van der Waals surface area contributed by atoms with Gasteiger partial charge in [-0.15, -0.1) is 0 Å². The molecule has 1 aromatic carbocycles. The van der Waals surface area contributed by atoms with Crippen molar-refractivity contribution in [1.29, 1.82) is 0 Å². The number of aliphatic hydroxyl groups excluding tert-OH is 1. The number of aliphatic hydroxyl groups is 1. The molecule has 1 aromatic heterocycles. The summed E-state index contributed by atoms with van der Waals surface area (Å²) in [6, 6.07) is 8.24. The molecule has 0 spiro atoms. The van der Waals surface area contributed by atoms with Gasteiger partial charge in [0.2, 0.25) is 0 Å². The van der Waals surface area contributed by atoms with Crippen molar-refractivity contribution in [2.45, 2.75) is 13.3 Å². The van der Waals surface area contributed by atoms with Crippen molar-refractivity contribution in [2.75, 3.05) is 6.61 Å². The smallest absolute Gasteiger partial charge is 0.0471 e. The van der Waals surface area contributed by atoms with Crippen molar-refractivity contribution in [2.24, 2.45) is 0 Å². The molecule has 2 heteroatoms. The van der Waals surface area contributed by atoms with Crippen molar-refractivity contribution in [3.63, 3.8) is 0 Å². The highest BCUT2D eigenvalue weighted by Crippen LogP contribution is 2.17. The van der Waals surface area contributed by atoms with Gasteiger partial charge >= 0.3 is 0 Å². The van der Waals surface area contributed by atoms with Crippen LogP contribution in [0.1, 0.15) is 11.3 Å². The van der Waals surface area contributed by atoms with E-state index in [0.717, 1.165) is 12.1 Å². The predicted molar refractivity (Wildman–Crippen MR) is 57.3 cm³/mol. The minimum absolute atomic E-state index is 0.204. The van der Waals surface area contributed by atoms with Gasteiger partial charge in [0.1, 0.15) is 0 Å². The van der Waals surface area contributed by atoms with E-state index in [-0.39, 0.29) is 6.61 Å². The average molecular weight is 187 g/mol. The minimum atomic E-state index is 0.204. The zero-order valence-electron chi connectivity index (χ0n) is 8.20. The van der Waals surface area contributed by atoms with Gasteiger partial charge in [-0.2, -0.15) is 0 Å². The van der Waals surface area contributed by atoms with Crippen LogP contribution >= 0.6 is 0 Å². The van der Waals surface area contributed by atoms with Gasteiger partial charge in [0.15, 0.2) is 0 Å². The normalized spacial score (nSPS) is 10.7. The highest BCUT2D eigenvalue weighted by molar-refractivity contribution is 5.84. The predicted octanol–water partition coefficient (Wildman–Crippen LogP) is 2.08. The van der Waals surface area contributed by atoms with Crippen molar-refractivity contribution >= 4 is 10.8 Å². The lowest BCUT2D eigenvalue weighted by atomic mass is 10.1. The van der Waals surface area contributed by atoms with Crippen molar-refractivity contribution in [1.82, 2.24) is 4.98 Å². The molecule has 0 aliphatic heterocycles. The Hall–Kier alpha value is -1.41. The Morgan fingerprint density at radius 2 is 2.14 bits per heavy atom. The number of pyridine rings is 1. The Morgan fingerprint density at radius 3 is 2.93 bits per heavy atom. The van der Waals surface area contributed by atoms with Crippen LogP contribution in [0.5, 0.6) is 0 Å². The topological polar surface area (TPSA) is 33.1 Å². The molecule has 0 unspecified atom stereocenters. The summed E-state index contributed by atoms with van der Waals surface area (Å²) < 4.78 is 0. The first-order chi connectivity index (χ1) is 6.81. The standard InChI is InChI=1S/C12H13NO/c1-9-12-3-2-10(5-7-14)8-11(12)4-6-13-9/h2-4,6,8,14H,5,7H2,1H3. The van der Waals surface area contributed by atoms with E-state index in [1.54, 1.807) is 0 Å². The lowest BCUT2D eigenvalue weighted by Crippen LogP contribution is -1.91. The van der Waals surface area contributed by atoms with E-state index < -0.39 is 0 Å². The zero-order chi connectivity index (χ0) is 9.97. The molecule has 0 saturated carbocycles. The molecule has 14 heavy (non-hydrogen) atoms. The molecule has 0 fully saturated rings. The second-order valence-corrected chi connectivity index (χ2v) is 3.43. The molecule has 72 valence electrons. The molecule has 0 atom stereocenters. The summed E-state index contributed by atoms with van der Waals surface area (Å²) in [5.74, 6) is 0. The van der Waals surface area contributed by atoms with Crippen molar-refractivity contribution in [3.8, 4) is 0 Å². The Morgan fingerprint density at radius 1 is 1.29 bits per heavy atom. The molecule has 2 aromatic rings. The van der Waals surface area contributed by atoms with Crippen LogP contribution in [0.2, 0.25) is 0 Å².